The minimum absolute atomic E-state index is 0.00237. The van der Waals surface area contributed by atoms with Crippen molar-refractivity contribution < 1.29 is 35.4 Å². The molecule has 1 unspecified atom stereocenters. The van der Waals surface area contributed by atoms with Crippen LogP contribution in [0.4, 0.5) is 22.2 Å². The summed E-state index contributed by atoms with van der Waals surface area (Å²) in [6, 6.07) is 14.6. The van der Waals surface area contributed by atoms with Gasteiger partial charge < -0.3 is 61.0 Å². The third-order valence-corrected chi connectivity index (χ3v) is 10.6. The molecule has 0 radical (unpaired) electrons. The van der Waals surface area contributed by atoms with Gasteiger partial charge in [0.15, 0.2) is 17.0 Å². The number of nitrogens with zero attached hydrogens (tertiary/aromatic N) is 7. The maximum atomic E-state index is 12.8. The highest BCUT2D eigenvalue weighted by molar-refractivity contribution is 5.89. The van der Waals surface area contributed by atoms with Crippen LogP contribution in [0.25, 0.3) is 11.2 Å². The summed E-state index contributed by atoms with van der Waals surface area (Å²) in [6.45, 7) is 0.532. The molecule has 10 N–H and O–H groups in total. The number of phenolic OH excluding ortho intramolecular Hbond substituents is 2. The normalized spacial score (nSPS) is 20.7. The van der Waals surface area contributed by atoms with Gasteiger partial charge in [-0.3, -0.25) is 9.55 Å². The third kappa shape index (κ3) is 7.37. The summed E-state index contributed by atoms with van der Waals surface area (Å²) in [7, 11) is 0. The fourth-order valence-electron chi connectivity index (χ4n) is 7.72. The van der Waals surface area contributed by atoms with E-state index >= 15 is 0 Å². The molecule has 5 atom stereocenters. The van der Waals surface area contributed by atoms with Crippen molar-refractivity contribution in [3.8, 4) is 17.4 Å². The summed E-state index contributed by atoms with van der Waals surface area (Å²) in [5.74, 6) is 0.0931. The minimum atomic E-state index is -1.48. The van der Waals surface area contributed by atoms with Crippen LogP contribution in [0, 0.1) is 0 Å². The molecule has 2 fully saturated rings. The van der Waals surface area contributed by atoms with E-state index in [1.807, 2.05) is 29.2 Å². The molecule has 6 aromatic rings. The zero-order chi connectivity index (χ0) is 39.8. The second-order valence-electron chi connectivity index (χ2n) is 14.2. The van der Waals surface area contributed by atoms with Crippen LogP contribution < -0.4 is 26.5 Å². The zero-order valence-electron chi connectivity index (χ0n) is 30.3. The largest absolute Gasteiger partial charge is 0.508 e. The van der Waals surface area contributed by atoms with Gasteiger partial charge in [0, 0.05) is 37.8 Å². The van der Waals surface area contributed by atoms with E-state index in [-0.39, 0.29) is 41.6 Å². The number of aliphatic hydroxyl groups is 3. The lowest BCUT2D eigenvalue weighted by atomic mass is 9.91. The van der Waals surface area contributed by atoms with Gasteiger partial charge in [0.1, 0.15) is 29.4 Å². The Hall–Kier alpha value is -6.70. The topological polar surface area (TPSA) is 272 Å². The average Bonchev–Trinajstić information content (AvgIpc) is 3.98. The Morgan fingerprint density at radius 1 is 0.947 bits per heavy atom. The molecule has 1 saturated heterocycles. The summed E-state index contributed by atoms with van der Waals surface area (Å²) >= 11 is 0. The number of anilines is 3. The maximum Gasteiger partial charge on any atom is 0.329 e. The minimum Gasteiger partial charge on any atom is -0.508 e. The van der Waals surface area contributed by atoms with Gasteiger partial charge in [-0.1, -0.05) is 24.3 Å². The van der Waals surface area contributed by atoms with Gasteiger partial charge >= 0.3 is 11.7 Å². The van der Waals surface area contributed by atoms with Crippen LogP contribution in [0.5, 0.6) is 17.4 Å². The molecule has 2 aliphatic rings. The second kappa shape index (κ2) is 15.4. The Bertz CT molecular complexity index is 2370. The van der Waals surface area contributed by atoms with Gasteiger partial charge in [-0.2, -0.15) is 9.97 Å². The fourth-order valence-corrected chi connectivity index (χ4v) is 7.72. The summed E-state index contributed by atoms with van der Waals surface area (Å²) in [5.41, 5.74) is 2.11. The lowest BCUT2D eigenvalue weighted by molar-refractivity contribution is 0.00758. The molecule has 0 bridgehead atoms. The number of aliphatic hydroxyl groups excluding tert-OH is 3. The molecule has 1 saturated carbocycles. The van der Waals surface area contributed by atoms with Crippen LogP contribution in [-0.2, 0) is 6.61 Å². The SMILES string of the molecule is O=C(Nc1cccnc1)NC1CCN(c2nc(NCC(c3ccc(O)cc3)c3ccc(O)cc3)c3ncn([C@@H]4C[C@H](n5c(O)c(CO)[nH]c5=O)[C@@H](O)[C@H]4O)c3n2)C1. The van der Waals surface area contributed by atoms with Crippen molar-refractivity contribution in [2.75, 3.05) is 35.2 Å². The van der Waals surface area contributed by atoms with Crippen LogP contribution in [0.15, 0.2) is 84.2 Å². The Morgan fingerprint density at radius 2 is 1.65 bits per heavy atom. The van der Waals surface area contributed by atoms with E-state index < -0.39 is 42.5 Å². The van der Waals surface area contributed by atoms with Crippen molar-refractivity contribution in [1.29, 1.82) is 0 Å². The Labute approximate surface area is 324 Å². The number of hydrogen-bond acceptors (Lipinski definition) is 14. The van der Waals surface area contributed by atoms with E-state index in [2.05, 4.69) is 30.9 Å². The number of pyridine rings is 1. The van der Waals surface area contributed by atoms with Crippen molar-refractivity contribution in [1.82, 2.24) is 39.4 Å². The highest BCUT2D eigenvalue weighted by atomic mass is 16.3. The standard InChI is InChI=1S/C38H41N11O8/c50-18-27-35(55)49(38(57)44-27)29-14-28(31(53)32(29)54)48-19-41-30-33(40-16-26(20-3-7-24(51)8-4-20)21-5-9-25(52)10-6-21)45-36(46-34(30)48)47-13-11-23(17-47)43-37(56)42-22-2-1-12-39-15-22/h1-10,12,15,19,23,26,28-29,31-32,50-55H,11,13-14,16-18H2,(H,44,57)(H,40,45,46)(H2,42,43,56)/t23?,28-,29+,31+,32-/m1/s1. The van der Waals surface area contributed by atoms with Gasteiger partial charge in [-0.25, -0.2) is 14.6 Å². The van der Waals surface area contributed by atoms with Crippen molar-refractivity contribution >= 4 is 34.6 Å². The molecule has 8 rings (SSSR count). The van der Waals surface area contributed by atoms with Crippen LogP contribution in [0.1, 0.15) is 47.7 Å². The van der Waals surface area contributed by atoms with Gasteiger partial charge in [0.05, 0.1) is 36.9 Å². The molecule has 4 aromatic heterocycles. The molecule has 1 aliphatic carbocycles. The number of phenols is 2. The van der Waals surface area contributed by atoms with Gasteiger partial charge in [-0.15, -0.1) is 0 Å². The number of aromatic amines is 1. The van der Waals surface area contributed by atoms with Gasteiger partial charge in [0.25, 0.3) is 0 Å². The summed E-state index contributed by atoms with van der Waals surface area (Å²) in [4.78, 5) is 48.4. The van der Waals surface area contributed by atoms with E-state index in [0.717, 1.165) is 15.7 Å². The first-order valence-electron chi connectivity index (χ1n) is 18.4. The molecule has 296 valence electrons. The molecule has 19 heteroatoms. The number of H-pyrrole nitrogens is 1. The Kier molecular flexibility index (Phi) is 10.1. The lowest BCUT2D eigenvalue weighted by Gasteiger charge is -2.22. The Morgan fingerprint density at radius 3 is 2.30 bits per heavy atom. The molecular weight excluding hydrogens is 738 g/mol. The maximum absolute atomic E-state index is 12.8. The van der Waals surface area contributed by atoms with Crippen LogP contribution in [0.3, 0.4) is 0 Å². The number of carbonyl (C=O) groups is 1. The number of fused-ring (bicyclic) bond motifs is 1. The number of imidazole rings is 2. The first-order valence-corrected chi connectivity index (χ1v) is 18.4. The molecule has 5 heterocycles. The van der Waals surface area contributed by atoms with Crippen molar-refractivity contribution in [3.63, 3.8) is 0 Å². The van der Waals surface area contributed by atoms with Crippen LogP contribution >= 0.6 is 0 Å². The smallest absolute Gasteiger partial charge is 0.329 e. The number of hydrogen-bond donors (Lipinski definition) is 10. The summed E-state index contributed by atoms with van der Waals surface area (Å²) < 4.78 is 2.55. The molecule has 2 amide bonds. The second-order valence-corrected chi connectivity index (χ2v) is 14.2. The van der Waals surface area contributed by atoms with E-state index in [4.69, 9.17) is 9.97 Å². The number of urea groups is 1. The monoisotopic (exact) mass is 779 g/mol. The summed E-state index contributed by atoms with van der Waals surface area (Å²) in [6.07, 6.45) is 2.34. The number of aromatic hydroxyl groups is 3. The molecule has 19 nitrogen and oxygen atoms in total. The molecule has 57 heavy (non-hydrogen) atoms. The zero-order valence-corrected chi connectivity index (χ0v) is 30.3. The van der Waals surface area contributed by atoms with E-state index in [0.29, 0.717) is 54.7 Å². The lowest BCUT2D eigenvalue weighted by Crippen LogP contribution is -2.40. The highest BCUT2D eigenvalue weighted by Gasteiger charge is 2.46. The van der Waals surface area contributed by atoms with E-state index in [1.165, 1.54) is 6.33 Å². The van der Waals surface area contributed by atoms with Crippen molar-refractivity contribution in [2.45, 2.75) is 55.7 Å². The Balaban J connectivity index is 1.13. The third-order valence-electron chi connectivity index (χ3n) is 10.6. The molecular formula is C38H41N11O8. The van der Waals surface area contributed by atoms with E-state index in [1.54, 1.807) is 53.4 Å². The van der Waals surface area contributed by atoms with Crippen molar-refractivity contribution in [3.05, 3.63) is 107 Å². The first-order chi connectivity index (χ1) is 27.6. The number of aromatic nitrogens is 7. The van der Waals surface area contributed by atoms with Crippen LogP contribution in [0.2, 0.25) is 0 Å². The predicted octanol–water partition coefficient (Wildman–Crippen LogP) is 1.87. The quantitative estimate of drug-likeness (QED) is 0.0900. The highest BCUT2D eigenvalue weighted by Crippen LogP contribution is 2.42. The predicted molar refractivity (Wildman–Crippen MR) is 206 cm³/mol. The van der Waals surface area contributed by atoms with Gasteiger partial charge in [-0.05, 0) is 60.4 Å². The molecule has 0 spiro atoms. The number of nitrogens with one attached hydrogen (secondary N) is 4. The number of rotatable bonds is 11. The molecule has 2 aromatic carbocycles. The van der Waals surface area contributed by atoms with E-state index in [9.17, 15) is 40.2 Å². The first kappa shape index (κ1) is 37.2. The fraction of sp³-hybridized carbons (Fsp3) is 0.316. The summed E-state index contributed by atoms with van der Waals surface area (Å²) in [5, 5.41) is 72.1. The van der Waals surface area contributed by atoms with Gasteiger partial charge in [0.2, 0.25) is 11.8 Å². The number of amides is 2. The molecule has 1 aliphatic heterocycles. The number of carbonyl (C=O) groups excluding carboxylic acids is 1. The van der Waals surface area contributed by atoms with Crippen molar-refractivity contribution in [2.24, 2.45) is 0 Å². The number of benzene rings is 2. The van der Waals surface area contributed by atoms with Crippen LogP contribution in [-0.4, -0.2) is 109 Å². The average molecular weight is 780 g/mol.